The molecule has 2 aromatic carbocycles. The number of carbonyl (C=O) groups is 1. The lowest BCUT2D eigenvalue weighted by Crippen LogP contribution is -2.15. The van der Waals surface area contributed by atoms with Gasteiger partial charge in [0.1, 0.15) is 18.2 Å². The topological polar surface area (TPSA) is 83.2 Å². The third-order valence-corrected chi connectivity index (χ3v) is 6.29. The number of aryl methyl sites for hydroxylation is 3. The molecule has 3 heterocycles. The molecule has 0 radical (unpaired) electrons. The lowest BCUT2D eigenvalue weighted by atomic mass is 10.1. The minimum atomic E-state index is -0.530. The molecule has 8 nitrogen and oxygen atoms in total. The van der Waals surface area contributed by atoms with Gasteiger partial charge in [0.25, 0.3) is 0 Å². The van der Waals surface area contributed by atoms with Crippen molar-refractivity contribution in [1.29, 1.82) is 0 Å². The average molecular weight is 480 g/mol. The molecule has 0 bridgehead atoms. The minimum absolute atomic E-state index is 0.0869. The summed E-state index contributed by atoms with van der Waals surface area (Å²) < 4.78 is 15.0. The number of benzene rings is 2. The monoisotopic (exact) mass is 479 g/mol. The number of rotatable bonds is 6. The maximum Gasteiger partial charge on any atom is 0.412 e. The van der Waals surface area contributed by atoms with E-state index in [0.717, 1.165) is 46.8 Å². The molecule has 1 aliphatic heterocycles. The number of hydrogen-bond acceptors (Lipinski definition) is 5. The number of anilines is 1. The number of hydrogen-bond donors (Lipinski definition) is 1. The van der Waals surface area contributed by atoms with Crippen LogP contribution in [0.5, 0.6) is 5.75 Å². The number of aromatic nitrogens is 4. The molecule has 1 amide bonds. The first kappa shape index (κ1) is 22.3. The molecular weight excluding hydrogens is 454 g/mol. The molecule has 2 aromatic heterocycles. The van der Waals surface area contributed by atoms with E-state index in [9.17, 15) is 4.79 Å². The van der Waals surface area contributed by atoms with E-state index in [1.54, 1.807) is 23.9 Å². The Hall–Kier alpha value is -3.52. The Bertz CT molecular complexity index is 1360. The summed E-state index contributed by atoms with van der Waals surface area (Å²) in [6, 6.07) is 13.1. The predicted molar refractivity (Wildman–Crippen MR) is 131 cm³/mol. The second-order valence-electron chi connectivity index (χ2n) is 8.22. The number of halogens is 1. The number of nitrogens with one attached hydrogen (secondary N) is 1. The van der Waals surface area contributed by atoms with Gasteiger partial charge in [-0.1, -0.05) is 11.6 Å². The van der Waals surface area contributed by atoms with Crippen LogP contribution in [0.25, 0.3) is 22.3 Å². The Kier molecular flexibility index (Phi) is 6.15. The Morgan fingerprint density at radius 3 is 2.88 bits per heavy atom. The lowest BCUT2D eigenvalue weighted by Gasteiger charge is -2.13. The van der Waals surface area contributed by atoms with Crippen molar-refractivity contribution in [1.82, 2.24) is 19.3 Å². The average Bonchev–Trinajstić information content (AvgIpc) is 3.43. The van der Waals surface area contributed by atoms with Crippen LogP contribution in [0.15, 0.2) is 42.5 Å². The third-order valence-electron chi connectivity index (χ3n) is 6.06. The van der Waals surface area contributed by atoms with Crippen LogP contribution in [-0.4, -0.2) is 32.5 Å². The Labute approximate surface area is 202 Å². The summed E-state index contributed by atoms with van der Waals surface area (Å²) in [7, 11) is 1.59. The lowest BCUT2D eigenvalue weighted by molar-refractivity contribution is 0.151. The van der Waals surface area contributed by atoms with E-state index in [-0.39, 0.29) is 6.61 Å². The van der Waals surface area contributed by atoms with Gasteiger partial charge in [0, 0.05) is 35.8 Å². The number of methoxy groups -OCH3 is 1. The summed E-state index contributed by atoms with van der Waals surface area (Å²) >= 11 is 6.08. The molecule has 176 valence electrons. The number of imidazole rings is 1. The van der Waals surface area contributed by atoms with Gasteiger partial charge in [-0.2, -0.15) is 5.10 Å². The summed E-state index contributed by atoms with van der Waals surface area (Å²) in [6.45, 7) is 3.70. The fourth-order valence-electron chi connectivity index (χ4n) is 4.40. The highest BCUT2D eigenvalue weighted by atomic mass is 35.5. The zero-order chi connectivity index (χ0) is 23.7. The van der Waals surface area contributed by atoms with E-state index in [4.69, 9.17) is 26.1 Å². The van der Waals surface area contributed by atoms with Gasteiger partial charge in [-0.05, 0) is 62.2 Å². The SMILES string of the molecule is CCn1nc(-c2ccc(Cl)cc2OC)cc1COC(=O)Nc1ccc2c(c1)nc1n2CCCC1. The van der Waals surface area contributed by atoms with Crippen LogP contribution in [0, 0.1) is 0 Å². The van der Waals surface area contributed by atoms with Gasteiger partial charge in [0.15, 0.2) is 0 Å². The van der Waals surface area contributed by atoms with Crippen molar-refractivity contribution in [2.24, 2.45) is 0 Å². The molecule has 0 fully saturated rings. The van der Waals surface area contributed by atoms with Gasteiger partial charge in [-0.3, -0.25) is 10.00 Å². The molecular formula is C25H26ClN5O3. The maximum atomic E-state index is 12.5. The second kappa shape index (κ2) is 9.38. The van der Waals surface area contributed by atoms with Crippen LogP contribution in [0.1, 0.15) is 31.3 Å². The second-order valence-corrected chi connectivity index (χ2v) is 8.66. The summed E-state index contributed by atoms with van der Waals surface area (Å²) in [5.41, 5.74) is 4.97. The van der Waals surface area contributed by atoms with Crippen LogP contribution in [0.3, 0.4) is 0 Å². The van der Waals surface area contributed by atoms with Crippen LogP contribution in [-0.2, 0) is 30.9 Å². The first-order valence-corrected chi connectivity index (χ1v) is 11.8. The quantitative estimate of drug-likeness (QED) is 0.385. The van der Waals surface area contributed by atoms with Gasteiger partial charge >= 0.3 is 6.09 Å². The van der Waals surface area contributed by atoms with Crippen LogP contribution < -0.4 is 10.1 Å². The third kappa shape index (κ3) is 4.33. The smallest absolute Gasteiger partial charge is 0.412 e. The Morgan fingerprint density at radius 1 is 1.18 bits per heavy atom. The molecule has 4 aromatic rings. The van der Waals surface area contributed by atoms with Crippen LogP contribution >= 0.6 is 11.6 Å². The van der Waals surface area contributed by atoms with Gasteiger partial charge < -0.3 is 14.0 Å². The van der Waals surface area contributed by atoms with Crippen molar-refractivity contribution in [3.8, 4) is 17.0 Å². The molecule has 1 aliphatic rings. The fraction of sp³-hybridized carbons (Fsp3) is 0.320. The van der Waals surface area contributed by atoms with Crippen molar-refractivity contribution >= 4 is 34.4 Å². The molecule has 9 heteroatoms. The molecule has 0 unspecified atom stereocenters. The van der Waals surface area contributed by atoms with Gasteiger partial charge in [-0.15, -0.1) is 0 Å². The Balaban J connectivity index is 1.28. The summed E-state index contributed by atoms with van der Waals surface area (Å²) in [6.07, 6.45) is 2.81. The van der Waals surface area contributed by atoms with Crippen molar-refractivity contribution in [2.75, 3.05) is 12.4 Å². The van der Waals surface area contributed by atoms with E-state index in [2.05, 4.69) is 15.0 Å². The first-order valence-electron chi connectivity index (χ1n) is 11.4. The number of ether oxygens (including phenoxy) is 2. The van der Waals surface area contributed by atoms with Crippen LogP contribution in [0.2, 0.25) is 5.02 Å². The fourth-order valence-corrected chi connectivity index (χ4v) is 4.56. The molecule has 1 N–H and O–H groups in total. The molecule has 34 heavy (non-hydrogen) atoms. The number of amides is 1. The summed E-state index contributed by atoms with van der Waals surface area (Å²) in [4.78, 5) is 17.2. The minimum Gasteiger partial charge on any atom is -0.496 e. The number of nitrogens with zero attached hydrogens (tertiary/aromatic N) is 4. The van der Waals surface area contributed by atoms with Crippen molar-refractivity contribution < 1.29 is 14.3 Å². The van der Waals surface area contributed by atoms with E-state index < -0.39 is 6.09 Å². The van der Waals surface area contributed by atoms with Crippen molar-refractivity contribution in [2.45, 2.75) is 45.9 Å². The zero-order valence-corrected chi connectivity index (χ0v) is 19.9. The van der Waals surface area contributed by atoms with E-state index >= 15 is 0 Å². The molecule has 0 saturated carbocycles. The number of fused-ring (bicyclic) bond motifs is 3. The van der Waals surface area contributed by atoms with Gasteiger partial charge in [0.2, 0.25) is 0 Å². The summed E-state index contributed by atoms with van der Waals surface area (Å²) in [5.74, 6) is 1.75. The number of carbonyl (C=O) groups excluding carboxylic acids is 1. The molecule has 0 saturated heterocycles. The van der Waals surface area contributed by atoms with E-state index in [0.29, 0.717) is 23.0 Å². The Morgan fingerprint density at radius 2 is 2.06 bits per heavy atom. The van der Waals surface area contributed by atoms with Crippen molar-refractivity contribution in [3.05, 3.63) is 59.0 Å². The highest BCUT2D eigenvalue weighted by Gasteiger charge is 2.17. The standard InChI is InChI=1S/C25H26ClN5O3/c1-3-31-18(14-20(29-31)19-9-7-16(26)12-23(19)33-2)15-34-25(32)27-17-8-10-22-21(13-17)28-24-6-4-5-11-30(22)24/h7-10,12-14H,3-6,11,15H2,1-2H3,(H,27,32). The molecule has 0 aliphatic carbocycles. The predicted octanol–water partition coefficient (Wildman–Crippen LogP) is 5.67. The maximum absolute atomic E-state index is 12.5. The van der Waals surface area contributed by atoms with Crippen LogP contribution in [0.4, 0.5) is 10.5 Å². The molecule has 0 spiro atoms. The first-order chi connectivity index (χ1) is 16.6. The van der Waals surface area contributed by atoms with E-state index in [1.165, 1.54) is 12.8 Å². The largest absolute Gasteiger partial charge is 0.496 e. The van der Waals surface area contributed by atoms with Gasteiger partial charge in [-0.25, -0.2) is 9.78 Å². The molecule has 0 atom stereocenters. The van der Waals surface area contributed by atoms with E-state index in [1.807, 2.05) is 37.3 Å². The zero-order valence-electron chi connectivity index (χ0n) is 19.2. The summed E-state index contributed by atoms with van der Waals surface area (Å²) in [5, 5.41) is 8.03. The van der Waals surface area contributed by atoms with Gasteiger partial charge in [0.05, 0.1) is 29.5 Å². The van der Waals surface area contributed by atoms with Crippen molar-refractivity contribution in [3.63, 3.8) is 0 Å². The highest BCUT2D eigenvalue weighted by molar-refractivity contribution is 6.30. The molecule has 5 rings (SSSR count). The highest BCUT2D eigenvalue weighted by Crippen LogP contribution is 2.32. The normalized spacial score (nSPS) is 13.0.